The molecule has 0 aromatic heterocycles. The van der Waals surface area contributed by atoms with Crippen molar-refractivity contribution in [3.05, 3.63) is 83.4 Å². The van der Waals surface area contributed by atoms with Gasteiger partial charge < -0.3 is 10.1 Å². The quantitative estimate of drug-likeness (QED) is 0.375. The first-order valence-corrected chi connectivity index (χ1v) is 15.3. The molecular formula is C26H28ClN3O6S2. The molecule has 2 N–H and O–H groups in total. The molecule has 1 aliphatic rings. The molecule has 1 aliphatic heterocycles. The molecule has 0 bridgehead atoms. The van der Waals surface area contributed by atoms with E-state index in [9.17, 15) is 21.6 Å². The Morgan fingerprint density at radius 3 is 2.05 bits per heavy atom. The van der Waals surface area contributed by atoms with Gasteiger partial charge in [-0.15, -0.1) is 0 Å². The van der Waals surface area contributed by atoms with E-state index in [1.54, 1.807) is 48.5 Å². The van der Waals surface area contributed by atoms with Gasteiger partial charge in [-0.3, -0.25) is 9.52 Å². The molecule has 3 aromatic rings. The number of benzene rings is 3. The molecule has 38 heavy (non-hydrogen) atoms. The van der Waals surface area contributed by atoms with Crippen LogP contribution in [-0.2, 0) is 31.4 Å². The van der Waals surface area contributed by atoms with Crippen LogP contribution in [0.25, 0.3) is 0 Å². The molecule has 0 spiro atoms. The van der Waals surface area contributed by atoms with Crippen LogP contribution in [0.15, 0.2) is 82.6 Å². The average molecular weight is 578 g/mol. The Labute approximate surface area is 227 Å². The third-order valence-electron chi connectivity index (χ3n) is 5.97. The van der Waals surface area contributed by atoms with E-state index >= 15 is 0 Å². The van der Waals surface area contributed by atoms with E-state index < -0.39 is 20.0 Å². The van der Waals surface area contributed by atoms with Gasteiger partial charge in [0.1, 0.15) is 5.75 Å². The number of piperidine rings is 1. The van der Waals surface area contributed by atoms with Crippen molar-refractivity contribution in [1.82, 2.24) is 9.62 Å². The zero-order valence-corrected chi connectivity index (χ0v) is 22.9. The van der Waals surface area contributed by atoms with E-state index in [-0.39, 0.29) is 28.8 Å². The van der Waals surface area contributed by atoms with Crippen molar-refractivity contribution in [3.8, 4) is 5.75 Å². The number of nitrogens with one attached hydrogen (secondary N) is 2. The van der Waals surface area contributed by atoms with Gasteiger partial charge in [0, 0.05) is 30.3 Å². The minimum Gasteiger partial charge on any atom is -0.484 e. The van der Waals surface area contributed by atoms with Crippen molar-refractivity contribution >= 4 is 43.2 Å². The first-order valence-electron chi connectivity index (χ1n) is 12.0. The third kappa shape index (κ3) is 7.25. The number of carbonyl (C=O) groups is 1. The topological polar surface area (TPSA) is 122 Å². The summed E-state index contributed by atoms with van der Waals surface area (Å²) >= 11 is 5.82. The van der Waals surface area contributed by atoms with Gasteiger partial charge in [0.2, 0.25) is 10.0 Å². The number of sulfonamides is 2. The van der Waals surface area contributed by atoms with Gasteiger partial charge >= 0.3 is 0 Å². The lowest BCUT2D eigenvalue weighted by molar-refractivity contribution is -0.123. The molecule has 4 rings (SSSR count). The van der Waals surface area contributed by atoms with Crippen LogP contribution in [0.1, 0.15) is 24.8 Å². The number of hydrogen-bond acceptors (Lipinski definition) is 6. The molecule has 1 fully saturated rings. The fraction of sp³-hybridized carbons (Fsp3) is 0.269. The van der Waals surface area contributed by atoms with Crippen molar-refractivity contribution in [2.45, 2.75) is 35.6 Å². The summed E-state index contributed by atoms with van der Waals surface area (Å²) in [6, 6.07) is 18.4. The Hall–Kier alpha value is -3.12. The zero-order valence-electron chi connectivity index (χ0n) is 20.5. The van der Waals surface area contributed by atoms with Gasteiger partial charge in [0.05, 0.1) is 9.79 Å². The molecule has 202 valence electrons. The van der Waals surface area contributed by atoms with Crippen LogP contribution in [-0.4, -0.2) is 46.7 Å². The van der Waals surface area contributed by atoms with Crippen LogP contribution in [0.3, 0.4) is 0 Å². The van der Waals surface area contributed by atoms with E-state index in [1.165, 1.54) is 28.6 Å². The van der Waals surface area contributed by atoms with Crippen LogP contribution in [0.4, 0.5) is 5.69 Å². The van der Waals surface area contributed by atoms with Gasteiger partial charge in [-0.05, 0) is 79.1 Å². The third-order valence-corrected chi connectivity index (χ3v) is 9.53. The average Bonchev–Trinajstić information content (AvgIpc) is 2.93. The van der Waals surface area contributed by atoms with Crippen LogP contribution in [0.2, 0.25) is 5.02 Å². The van der Waals surface area contributed by atoms with Crippen molar-refractivity contribution in [2.75, 3.05) is 24.4 Å². The smallest absolute Gasteiger partial charge is 0.261 e. The summed E-state index contributed by atoms with van der Waals surface area (Å²) in [5, 5.41) is 3.21. The number of hydrogen-bond donors (Lipinski definition) is 2. The fourth-order valence-corrected chi connectivity index (χ4v) is 6.58. The van der Waals surface area contributed by atoms with E-state index in [0.717, 1.165) is 24.8 Å². The summed E-state index contributed by atoms with van der Waals surface area (Å²) in [6.07, 6.45) is 2.79. The zero-order chi connectivity index (χ0) is 27.2. The highest BCUT2D eigenvalue weighted by Crippen LogP contribution is 2.22. The van der Waals surface area contributed by atoms with Crippen LogP contribution >= 0.6 is 11.6 Å². The highest BCUT2D eigenvalue weighted by molar-refractivity contribution is 7.92. The van der Waals surface area contributed by atoms with Crippen molar-refractivity contribution in [2.24, 2.45) is 0 Å². The predicted molar refractivity (Wildman–Crippen MR) is 145 cm³/mol. The summed E-state index contributed by atoms with van der Waals surface area (Å²) < 4.78 is 60.1. The number of halogens is 1. The summed E-state index contributed by atoms with van der Waals surface area (Å²) in [7, 11) is -7.30. The predicted octanol–water partition coefficient (Wildman–Crippen LogP) is 4.01. The minimum atomic E-state index is -3.80. The van der Waals surface area contributed by atoms with E-state index in [1.807, 2.05) is 0 Å². The maximum absolute atomic E-state index is 12.8. The lowest BCUT2D eigenvalue weighted by atomic mass is 10.2. The second kappa shape index (κ2) is 12.2. The van der Waals surface area contributed by atoms with Crippen molar-refractivity contribution in [3.63, 3.8) is 0 Å². The number of carbonyl (C=O) groups excluding carboxylic acids is 1. The van der Waals surface area contributed by atoms with Gasteiger partial charge in [-0.1, -0.05) is 30.2 Å². The summed E-state index contributed by atoms with van der Waals surface area (Å²) in [4.78, 5) is 12.5. The maximum atomic E-state index is 12.8. The standard InChI is InChI=1S/C26H28ClN3O6S2/c27-21-6-8-22(9-7-21)29-37(32,33)24-14-10-23(11-15-24)36-19-26(31)28-18-20-4-12-25(13-5-20)38(34,35)30-16-2-1-3-17-30/h4-15,29H,1-3,16-19H2,(H,28,31). The molecule has 1 amide bonds. The molecule has 12 heteroatoms. The van der Waals surface area contributed by atoms with Crippen molar-refractivity contribution in [1.29, 1.82) is 0 Å². The van der Waals surface area contributed by atoms with Crippen LogP contribution < -0.4 is 14.8 Å². The molecule has 1 heterocycles. The highest BCUT2D eigenvalue weighted by atomic mass is 35.5. The molecule has 0 radical (unpaired) electrons. The number of anilines is 1. The largest absolute Gasteiger partial charge is 0.484 e. The Kier molecular flexibility index (Phi) is 8.93. The van der Waals surface area contributed by atoms with Gasteiger partial charge in [0.15, 0.2) is 6.61 Å². The van der Waals surface area contributed by atoms with E-state index in [4.69, 9.17) is 16.3 Å². The maximum Gasteiger partial charge on any atom is 0.261 e. The molecule has 0 aliphatic carbocycles. The van der Waals surface area contributed by atoms with Gasteiger partial charge in [-0.25, -0.2) is 16.8 Å². The Balaban J connectivity index is 1.25. The van der Waals surface area contributed by atoms with Crippen molar-refractivity contribution < 1.29 is 26.4 Å². The van der Waals surface area contributed by atoms with E-state index in [0.29, 0.717) is 29.5 Å². The SMILES string of the molecule is O=C(COc1ccc(S(=O)(=O)Nc2ccc(Cl)cc2)cc1)NCc1ccc(S(=O)(=O)N2CCCCC2)cc1. The molecule has 1 saturated heterocycles. The minimum absolute atomic E-state index is 0.0370. The lowest BCUT2D eigenvalue weighted by Gasteiger charge is -2.25. The van der Waals surface area contributed by atoms with E-state index in [2.05, 4.69) is 10.0 Å². The van der Waals surface area contributed by atoms with Crippen LogP contribution in [0.5, 0.6) is 5.75 Å². The summed E-state index contributed by atoms with van der Waals surface area (Å²) in [5.41, 5.74) is 1.13. The second-order valence-electron chi connectivity index (χ2n) is 8.76. The number of rotatable bonds is 10. The second-order valence-corrected chi connectivity index (χ2v) is 12.8. The monoisotopic (exact) mass is 577 g/mol. The molecular weight excluding hydrogens is 550 g/mol. The van der Waals surface area contributed by atoms with Gasteiger partial charge in [0.25, 0.3) is 15.9 Å². The molecule has 0 atom stereocenters. The summed E-state index contributed by atoms with van der Waals surface area (Å²) in [5.74, 6) is -0.0472. The first-order chi connectivity index (χ1) is 18.1. The number of nitrogens with zero attached hydrogens (tertiary/aromatic N) is 1. The molecule has 0 saturated carbocycles. The fourth-order valence-electron chi connectivity index (χ4n) is 3.88. The first kappa shape index (κ1) is 27.9. The molecule has 9 nitrogen and oxygen atoms in total. The number of ether oxygens (including phenoxy) is 1. The molecule has 3 aromatic carbocycles. The normalized spacial score (nSPS) is 14.6. The van der Waals surface area contributed by atoms with Gasteiger partial charge in [-0.2, -0.15) is 4.31 Å². The summed E-state index contributed by atoms with van der Waals surface area (Å²) in [6.45, 7) is 1.02. The highest BCUT2D eigenvalue weighted by Gasteiger charge is 2.25. The Morgan fingerprint density at radius 2 is 1.42 bits per heavy atom. The van der Waals surface area contributed by atoms with Crippen LogP contribution in [0, 0.1) is 0 Å². The Morgan fingerprint density at radius 1 is 0.816 bits per heavy atom. The number of amides is 1. The Bertz CT molecular complexity index is 1450. The molecule has 0 unspecified atom stereocenters. The lowest BCUT2D eigenvalue weighted by Crippen LogP contribution is -2.35.